The molecule has 0 aliphatic heterocycles. The molecule has 5 aliphatic rings. The third kappa shape index (κ3) is 2.41. The van der Waals surface area contributed by atoms with Crippen molar-refractivity contribution in [2.24, 2.45) is 0 Å². The largest absolute Gasteiger partial charge is 0.294 e. The SMILES string of the molecule is O=C1CCC=Cc2c3ccc(c21)CCc1ccc(cc1)CC3. The molecule has 0 spiro atoms. The summed E-state index contributed by atoms with van der Waals surface area (Å²) in [6.07, 6.45) is 9.85. The van der Waals surface area contributed by atoms with E-state index in [1.807, 2.05) is 0 Å². The number of hydrogen-bond acceptors (Lipinski definition) is 1. The highest BCUT2D eigenvalue weighted by Gasteiger charge is 2.20. The zero-order valence-corrected chi connectivity index (χ0v) is 12.8. The fourth-order valence-corrected chi connectivity index (χ4v) is 3.63. The number of Topliss-reactive ketones (excluding diaryl/α,β-unsaturated/α-hetero) is 1. The second kappa shape index (κ2) is 5.57. The average Bonchev–Trinajstić information content (AvgIpc) is 2.73. The highest BCUT2D eigenvalue weighted by Crippen LogP contribution is 2.28. The van der Waals surface area contributed by atoms with Gasteiger partial charge in [0.1, 0.15) is 0 Å². The lowest BCUT2D eigenvalue weighted by Gasteiger charge is -2.17. The molecular formula is C21H20O. The molecule has 0 fully saturated rings. The van der Waals surface area contributed by atoms with Crippen molar-refractivity contribution < 1.29 is 4.79 Å². The molecule has 1 heteroatoms. The van der Waals surface area contributed by atoms with Gasteiger partial charge in [0, 0.05) is 12.0 Å². The fraction of sp³-hybridized carbons (Fsp3) is 0.286. The first-order chi connectivity index (χ1) is 10.8. The van der Waals surface area contributed by atoms with E-state index in [2.05, 4.69) is 48.6 Å². The number of rotatable bonds is 0. The zero-order chi connectivity index (χ0) is 14.9. The number of hydrogen-bond donors (Lipinski definition) is 0. The van der Waals surface area contributed by atoms with Crippen molar-refractivity contribution in [2.75, 3.05) is 0 Å². The Balaban J connectivity index is 1.87. The van der Waals surface area contributed by atoms with Crippen molar-refractivity contribution in [3.05, 3.63) is 75.9 Å². The Morgan fingerprint density at radius 1 is 0.682 bits per heavy atom. The van der Waals surface area contributed by atoms with Gasteiger partial charge in [-0.15, -0.1) is 0 Å². The van der Waals surface area contributed by atoms with Crippen LogP contribution in [0, 0.1) is 0 Å². The van der Waals surface area contributed by atoms with Gasteiger partial charge in [0.15, 0.2) is 5.78 Å². The minimum Gasteiger partial charge on any atom is -0.294 e. The summed E-state index contributed by atoms with van der Waals surface area (Å²) >= 11 is 0. The van der Waals surface area contributed by atoms with Crippen LogP contribution in [0.1, 0.15) is 51.0 Å². The molecule has 0 unspecified atom stereocenters. The first-order valence-electron chi connectivity index (χ1n) is 8.23. The fourth-order valence-electron chi connectivity index (χ4n) is 3.63. The van der Waals surface area contributed by atoms with Gasteiger partial charge >= 0.3 is 0 Å². The van der Waals surface area contributed by atoms with Crippen molar-refractivity contribution in [3.8, 4) is 0 Å². The molecule has 1 nitrogen and oxygen atoms in total. The van der Waals surface area contributed by atoms with Crippen molar-refractivity contribution >= 4 is 11.9 Å². The van der Waals surface area contributed by atoms with E-state index in [0.29, 0.717) is 12.2 Å². The van der Waals surface area contributed by atoms with E-state index in [1.165, 1.54) is 27.8 Å². The normalized spacial score (nSPS) is 16.8. The van der Waals surface area contributed by atoms with Gasteiger partial charge in [-0.1, -0.05) is 48.6 Å². The first-order valence-corrected chi connectivity index (χ1v) is 8.23. The summed E-state index contributed by atoms with van der Waals surface area (Å²) in [4.78, 5) is 12.6. The van der Waals surface area contributed by atoms with Crippen LogP contribution in [0.25, 0.3) is 6.08 Å². The van der Waals surface area contributed by atoms with E-state index in [4.69, 9.17) is 0 Å². The Labute approximate surface area is 131 Å². The van der Waals surface area contributed by atoms with Gasteiger partial charge in [0.2, 0.25) is 0 Å². The number of carbonyl (C=O) groups is 1. The third-order valence-corrected chi connectivity index (χ3v) is 4.91. The number of benzene rings is 2. The van der Waals surface area contributed by atoms with Gasteiger partial charge in [-0.25, -0.2) is 0 Å². The number of ketones is 1. The molecule has 0 heterocycles. The molecule has 2 aromatic rings. The highest BCUT2D eigenvalue weighted by atomic mass is 16.1. The molecule has 0 radical (unpaired) electrons. The van der Waals surface area contributed by atoms with Crippen LogP contribution >= 0.6 is 0 Å². The Morgan fingerprint density at radius 2 is 1.32 bits per heavy atom. The third-order valence-electron chi connectivity index (χ3n) is 4.91. The molecule has 7 rings (SSSR count). The molecule has 0 N–H and O–H groups in total. The van der Waals surface area contributed by atoms with Crippen LogP contribution < -0.4 is 0 Å². The van der Waals surface area contributed by atoms with E-state index in [-0.39, 0.29) is 0 Å². The highest BCUT2D eigenvalue weighted by molar-refractivity contribution is 6.02. The van der Waals surface area contributed by atoms with Crippen molar-refractivity contribution in [1.29, 1.82) is 0 Å². The summed E-state index contributed by atoms with van der Waals surface area (Å²) in [6.45, 7) is 0. The van der Waals surface area contributed by atoms with Crippen LogP contribution in [-0.2, 0) is 25.7 Å². The molecular weight excluding hydrogens is 268 g/mol. The molecule has 0 saturated heterocycles. The summed E-state index contributed by atoms with van der Waals surface area (Å²) < 4.78 is 0. The molecule has 2 aromatic carbocycles. The number of allylic oxidation sites excluding steroid dienone is 1. The van der Waals surface area contributed by atoms with Gasteiger partial charge in [-0.3, -0.25) is 4.79 Å². The van der Waals surface area contributed by atoms with Crippen molar-refractivity contribution in [2.45, 2.75) is 38.5 Å². The lowest BCUT2D eigenvalue weighted by molar-refractivity contribution is 0.0983. The quantitative estimate of drug-likeness (QED) is 0.694. The summed E-state index contributed by atoms with van der Waals surface area (Å²) in [5.41, 5.74) is 7.47. The molecule has 0 amide bonds. The molecule has 110 valence electrons. The maximum absolute atomic E-state index is 12.6. The van der Waals surface area contributed by atoms with Crippen LogP contribution in [0.4, 0.5) is 0 Å². The van der Waals surface area contributed by atoms with Crippen LogP contribution in [0.5, 0.6) is 0 Å². The van der Waals surface area contributed by atoms with Crippen LogP contribution in [0.15, 0.2) is 42.5 Å². The molecule has 5 aliphatic carbocycles. The Bertz CT molecular complexity index is 750. The van der Waals surface area contributed by atoms with Crippen LogP contribution in [0.2, 0.25) is 0 Å². The predicted molar refractivity (Wildman–Crippen MR) is 90.3 cm³/mol. The number of carbonyl (C=O) groups excluding carboxylic acids is 1. The summed E-state index contributed by atoms with van der Waals surface area (Å²) in [5.74, 6) is 0.322. The summed E-state index contributed by atoms with van der Waals surface area (Å²) in [7, 11) is 0. The lowest BCUT2D eigenvalue weighted by Crippen LogP contribution is -2.10. The molecule has 22 heavy (non-hydrogen) atoms. The van der Waals surface area contributed by atoms with Gasteiger partial charge in [0.05, 0.1) is 0 Å². The molecule has 4 bridgehead atoms. The average molecular weight is 288 g/mol. The van der Waals surface area contributed by atoms with Crippen LogP contribution in [-0.4, -0.2) is 5.78 Å². The van der Waals surface area contributed by atoms with Gasteiger partial charge in [-0.05, 0) is 59.9 Å². The van der Waals surface area contributed by atoms with E-state index in [0.717, 1.165) is 37.7 Å². The minimum atomic E-state index is 0.322. The van der Waals surface area contributed by atoms with Gasteiger partial charge < -0.3 is 0 Å². The van der Waals surface area contributed by atoms with E-state index < -0.39 is 0 Å². The smallest absolute Gasteiger partial charge is 0.164 e. The Kier molecular flexibility index (Phi) is 3.42. The van der Waals surface area contributed by atoms with E-state index in [1.54, 1.807) is 0 Å². The van der Waals surface area contributed by atoms with Crippen molar-refractivity contribution in [3.63, 3.8) is 0 Å². The maximum atomic E-state index is 12.6. The number of aryl methyl sites for hydroxylation is 4. The van der Waals surface area contributed by atoms with E-state index in [9.17, 15) is 4.79 Å². The second-order valence-corrected chi connectivity index (χ2v) is 6.35. The van der Waals surface area contributed by atoms with E-state index >= 15 is 0 Å². The van der Waals surface area contributed by atoms with Gasteiger partial charge in [-0.2, -0.15) is 0 Å². The van der Waals surface area contributed by atoms with Crippen molar-refractivity contribution in [1.82, 2.24) is 0 Å². The monoisotopic (exact) mass is 288 g/mol. The lowest BCUT2D eigenvalue weighted by atomic mass is 9.87. The summed E-state index contributed by atoms with van der Waals surface area (Å²) in [6, 6.07) is 13.4. The Hall–Kier alpha value is -2.15. The predicted octanol–water partition coefficient (Wildman–Crippen LogP) is 4.56. The topological polar surface area (TPSA) is 17.1 Å². The molecule has 0 atom stereocenters. The Morgan fingerprint density at radius 3 is 2.05 bits per heavy atom. The minimum absolute atomic E-state index is 0.322. The molecule has 0 saturated carbocycles. The molecule has 0 aromatic heterocycles. The summed E-state index contributed by atoms with van der Waals surface area (Å²) in [5, 5.41) is 0. The van der Waals surface area contributed by atoms with Crippen LogP contribution in [0.3, 0.4) is 0 Å². The maximum Gasteiger partial charge on any atom is 0.164 e. The standard InChI is InChI=1S/C21H20O/c22-20-4-2-1-3-19-17-11-9-15-5-7-16(8-6-15)10-12-18(14-13-17)21(19)20/h1,3,5-8,13-14H,2,4,9-12H2. The first kappa shape index (κ1) is 13.5. The zero-order valence-electron chi connectivity index (χ0n) is 12.8. The van der Waals surface area contributed by atoms with Gasteiger partial charge in [0.25, 0.3) is 0 Å². The second-order valence-electron chi connectivity index (χ2n) is 6.35.